The number of aromatic nitrogens is 1. The van der Waals surface area contributed by atoms with E-state index in [1.807, 2.05) is 0 Å². The van der Waals surface area contributed by atoms with E-state index in [4.69, 9.17) is 0 Å². The normalized spacial score (nSPS) is 24.5. The van der Waals surface area contributed by atoms with Crippen LogP contribution in [0.5, 0.6) is 0 Å². The van der Waals surface area contributed by atoms with Gasteiger partial charge in [-0.1, -0.05) is 48.5 Å². The fourth-order valence-corrected chi connectivity index (χ4v) is 6.48. The maximum Gasteiger partial charge on any atom is 0.220 e. The summed E-state index contributed by atoms with van der Waals surface area (Å²) in [6, 6.07) is 19.9. The van der Waals surface area contributed by atoms with Crippen molar-refractivity contribution in [3.05, 3.63) is 71.4 Å². The summed E-state index contributed by atoms with van der Waals surface area (Å²) < 4.78 is 0. The first-order valence-electron chi connectivity index (χ1n) is 11.6. The monoisotopic (exact) mass is 415 g/mol. The Morgan fingerprint density at radius 3 is 2.42 bits per heavy atom. The number of para-hydroxylation sites is 1. The number of aromatic amines is 1. The number of benzene rings is 2. The van der Waals surface area contributed by atoms with Gasteiger partial charge >= 0.3 is 0 Å². The molecule has 31 heavy (non-hydrogen) atoms. The van der Waals surface area contributed by atoms with Crippen molar-refractivity contribution < 1.29 is 4.79 Å². The third kappa shape index (κ3) is 3.28. The van der Waals surface area contributed by atoms with Gasteiger partial charge in [-0.2, -0.15) is 0 Å². The second kappa shape index (κ2) is 7.83. The summed E-state index contributed by atoms with van der Waals surface area (Å²) in [7, 11) is 4.39. The largest absolute Gasteiger partial charge is 0.356 e. The number of hydrogen-bond acceptors (Lipinski definition) is 2. The first-order chi connectivity index (χ1) is 15.0. The Morgan fingerprint density at radius 1 is 1.06 bits per heavy atom. The molecule has 1 aliphatic heterocycles. The lowest BCUT2D eigenvalue weighted by Gasteiger charge is -2.51. The standard InChI is InChI=1S/C27H33N3O/c1-19(31)30-18-15-23-22-11-7-8-12-24(22)28-26(23)27(30)16-13-21(14-17-27)25(29(2)3)20-9-5-4-6-10-20/h4-12,21,25,28H,13-18H2,1-3H3. The first-order valence-corrected chi connectivity index (χ1v) is 11.6. The Bertz CT molecular complexity index is 1080. The maximum atomic E-state index is 12.7. The Balaban J connectivity index is 1.51. The molecule has 162 valence electrons. The number of fused-ring (bicyclic) bond motifs is 4. The van der Waals surface area contributed by atoms with Gasteiger partial charge in [-0.15, -0.1) is 0 Å². The van der Waals surface area contributed by atoms with Crippen molar-refractivity contribution in [3.8, 4) is 0 Å². The number of carbonyl (C=O) groups is 1. The Morgan fingerprint density at radius 2 is 1.74 bits per heavy atom. The molecule has 1 unspecified atom stereocenters. The van der Waals surface area contributed by atoms with E-state index >= 15 is 0 Å². The van der Waals surface area contributed by atoms with Gasteiger partial charge in [0.25, 0.3) is 0 Å². The number of H-pyrrole nitrogens is 1. The molecule has 3 aromatic rings. The molecule has 2 heterocycles. The zero-order valence-corrected chi connectivity index (χ0v) is 18.9. The Labute approximate surface area is 185 Å². The second-order valence-electron chi connectivity index (χ2n) is 9.63. The van der Waals surface area contributed by atoms with Crippen LogP contribution < -0.4 is 0 Å². The SMILES string of the molecule is CC(=O)N1CCc2c([nH]c3ccccc23)C12CCC(C(c1ccccc1)N(C)C)CC2. The average molecular weight is 416 g/mol. The van der Waals surface area contributed by atoms with Crippen LogP contribution in [-0.2, 0) is 16.8 Å². The van der Waals surface area contributed by atoms with Crippen molar-refractivity contribution >= 4 is 16.8 Å². The number of nitrogens with zero attached hydrogens (tertiary/aromatic N) is 2. The lowest BCUT2D eigenvalue weighted by molar-refractivity contribution is -0.139. The average Bonchev–Trinajstić information content (AvgIpc) is 3.16. The molecule has 1 atom stereocenters. The van der Waals surface area contributed by atoms with Crippen LogP contribution in [0.1, 0.15) is 55.5 Å². The summed E-state index contributed by atoms with van der Waals surface area (Å²) >= 11 is 0. The Hall–Kier alpha value is -2.59. The third-order valence-electron chi connectivity index (χ3n) is 7.76. The molecule has 4 heteroatoms. The molecule has 1 aliphatic carbocycles. The van der Waals surface area contributed by atoms with Crippen molar-refractivity contribution in [1.82, 2.24) is 14.8 Å². The minimum absolute atomic E-state index is 0.192. The van der Waals surface area contributed by atoms with Crippen molar-refractivity contribution in [2.45, 2.75) is 50.6 Å². The van der Waals surface area contributed by atoms with Gasteiger partial charge in [0.1, 0.15) is 0 Å². The number of amides is 1. The van der Waals surface area contributed by atoms with Gasteiger partial charge in [-0.25, -0.2) is 0 Å². The minimum atomic E-state index is -0.192. The molecule has 1 aromatic heterocycles. The van der Waals surface area contributed by atoms with Crippen molar-refractivity contribution in [1.29, 1.82) is 0 Å². The predicted molar refractivity (Wildman–Crippen MR) is 126 cm³/mol. The zero-order chi connectivity index (χ0) is 21.6. The van der Waals surface area contributed by atoms with Crippen LogP contribution in [0.2, 0.25) is 0 Å². The number of rotatable bonds is 3. The molecular weight excluding hydrogens is 382 g/mol. The van der Waals surface area contributed by atoms with Crippen molar-refractivity contribution in [2.24, 2.45) is 5.92 Å². The summed E-state index contributed by atoms with van der Waals surface area (Å²) in [4.78, 5) is 21.0. The lowest BCUT2D eigenvalue weighted by atomic mass is 9.68. The number of carbonyl (C=O) groups excluding carboxylic acids is 1. The quantitative estimate of drug-likeness (QED) is 0.634. The molecule has 2 aliphatic rings. The van der Waals surface area contributed by atoms with Gasteiger partial charge < -0.3 is 14.8 Å². The molecular formula is C27H33N3O. The highest BCUT2D eigenvalue weighted by atomic mass is 16.2. The van der Waals surface area contributed by atoms with Gasteiger partial charge in [0.15, 0.2) is 0 Å². The molecule has 1 fully saturated rings. The Kier molecular flexibility index (Phi) is 5.13. The fraction of sp³-hybridized carbons (Fsp3) is 0.444. The van der Waals surface area contributed by atoms with Crippen LogP contribution in [0.15, 0.2) is 54.6 Å². The minimum Gasteiger partial charge on any atom is -0.356 e. The smallest absolute Gasteiger partial charge is 0.220 e. The second-order valence-corrected chi connectivity index (χ2v) is 9.63. The summed E-state index contributed by atoms with van der Waals surface area (Å²) in [6.45, 7) is 2.57. The molecule has 1 saturated carbocycles. The van der Waals surface area contributed by atoms with Crippen LogP contribution >= 0.6 is 0 Å². The van der Waals surface area contributed by atoms with Crippen LogP contribution in [-0.4, -0.2) is 41.3 Å². The van der Waals surface area contributed by atoms with E-state index in [9.17, 15) is 4.79 Å². The number of hydrogen-bond donors (Lipinski definition) is 1. The molecule has 1 N–H and O–H groups in total. The lowest BCUT2D eigenvalue weighted by Crippen LogP contribution is -2.55. The highest BCUT2D eigenvalue weighted by Crippen LogP contribution is 2.51. The molecule has 0 saturated heterocycles. The van der Waals surface area contributed by atoms with E-state index in [-0.39, 0.29) is 11.4 Å². The van der Waals surface area contributed by atoms with Gasteiger partial charge in [0.05, 0.1) is 5.54 Å². The van der Waals surface area contributed by atoms with E-state index < -0.39 is 0 Å². The summed E-state index contributed by atoms with van der Waals surface area (Å²) in [6.07, 6.45) is 5.23. The van der Waals surface area contributed by atoms with Gasteiger partial charge in [0.2, 0.25) is 5.91 Å². The number of nitrogens with one attached hydrogen (secondary N) is 1. The molecule has 5 rings (SSSR count). The summed E-state index contributed by atoms with van der Waals surface area (Å²) in [5, 5.41) is 1.33. The first kappa shape index (κ1) is 20.3. The fourth-order valence-electron chi connectivity index (χ4n) is 6.48. The molecule has 0 radical (unpaired) electrons. The summed E-state index contributed by atoms with van der Waals surface area (Å²) in [5.41, 5.74) is 5.14. The zero-order valence-electron chi connectivity index (χ0n) is 18.9. The molecule has 2 aromatic carbocycles. The van der Waals surface area contributed by atoms with Gasteiger partial charge in [0, 0.05) is 36.1 Å². The molecule has 1 spiro atoms. The maximum absolute atomic E-state index is 12.7. The molecule has 4 nitrogen and oxygen atoms in total. The van der Waals surface area contributed by atoms with Crippen LogP contribution in [0.25, 0.3) is 10.9 Å². The molecule has 0 bridgehead atoms. The third-order valence-corrected chi connectivity index (χ3v) is 7.76. The topological polar surface area (TPSA) is 39.3 Å². The van der Waals surface area contributed by atoms with Gasteiger partial charge in [-0.3, -0.25) is 4.79 Å². The van der Waals surface area contributed by atoms with Crippen LogP contribution in [0.4, 0.5) is 0 Å². The van der Waals surface area contributed by atoms with Crippen molar-refractivity contribution in [2.75, 3.05) is 20.6 Å². The van der Waals surface area contributed by atoms with Crippen molar-refractivity contribution in [3.63, 3.8) is 0 Å². The predicted octanol–water partition coefficient (Wildman–Crippen LogP) is 5.26. The van der Waals surface area contributed by atoms with E-state index in [1.54, 1.807) is 6.92 Å². The van der Waals surface area contributed by atoms with Gasteiger partial charge in [-0.05, 0) is 69.3 Å². The van der Waals surface area contributed by atoms with E-state index in [0.29, 0.717) is 12.0 Å². The highest BCUT2D eigenvalue weighted by Gasteiger charge is 2.48. The summed E-state index contributed by atoms with van der Waals surface area (Å²) in [5.74, 6) is 0.793. The van der Waals surface area contributed by atoms with Crippen LogP contribution in [0, 0.1) is 5.92 Å². The highest BCUT2D eigenvalue weighted by molar-refractivity contribution is 5.86. The van der Waals surface area contributed by atoms with Crippen LogP contribution in [0.3, 0.4) is 0 Å². The van der Waals surface area contributed by atoms with E-state index in [1.165, 1.54) is 27.7 Å². The molecule has 1 amide bonds. The van der Waals surface area contributed by atoms with E-state index in [2.05, 4.69) is 83.5 Å². The van der Waals surface area contributed by atoms with E-state index in [0.717, 1.165) is 38.6 Å².